The molecule has 1 aromatic heterocycles. The molecule has 0 fully saturated rings. The molecule has 0 aliphatic carbocycles. The number of halogens is 3. The second-order valence-corrected chi connectivity index (χ2v) is 3.13. The predicted octanol–water partition coefficient (Wildman–Crippen LogP) is 2.67. The number of nitrogen functional groups attached to an aromatic ring is 1. The molecule has 5 heteroatoms. The van der Waals surface area contributed by atoms with E-state index in [2.05, 4.69) is 20.9 Å². The minimum absolute atomic E-state index is 0.123. The number of nitrogens with zero attached hydrogens (tertiary/aromatic N) is 1. The van der Waals surface area contributed by atoms with E-state index in [4.69, 9.17) is 5.73 Å². The average Bonchev–Trinajstić information content (AvgIpc) is 2.00. The van der Waals surface area contributed by atoms with Gasteiger partial charge in [-0.1, -0.05) is 0 Å². The normalized spacial score (nSPS) is 10.8. The molecule has 0 amide bonds. The predicted molar refractivity (Wildman–Crippen MR) is 46.0 cm³/mol. The van der Waals surface area contributed by atoms with Gasteiger partial charge in [0.2, 0.25) is 0 Å². The van der Waals surface area contributed by atoms with E-state index in [1.807, 2.05) is 0 Å². The van der Waals surface area contributed by atoms with Crippen molar-refractivity contribution < 1.29 is 8.78 Å². The number of hydrogen-bond donors (Lipinski definition) is 1. The van der Waals surface area contributed by atoms with Gasteiger partial charge < -0.3 is 5.73 Å². The van der Waals surface area contributed by atoms with Crippen LogP contribution in [0.1, 0.15) is 17.6 Å². The molecule has 0 aromatic carbocycles. The van der Waals surface area contributed by atoms with Gasteiger partial charge in [-0.25, -0.2) is 13.8 Å². The molecule has 1 rings (SSSR count). The number of aromatic nitrogens is 1. The fraction of sp³-hybridized carbons (Fsp3) is 0.286. The highest BCUT2D eigenvalue weighted by molar-refractivity contribution is 9.10. The SMILES string of the molecule is Cc1c(N)ncc(C(F)F)c1Br. The molecule has 12 heavy (non-hydrogen) atoms. The zero-order chi connectivity index (χ0) is 9.30. The molecule has 0 spiro atoms. The zero-order valence-corrected chi connectivity index (χ0v) is 7.90. The Labute approximate surface area is 76.9 Å². The lowest BCUT2D eigenvalue weighted by Crippen LogP contribution is -1.98. The minimum atomic E-state index is -2.52. The van der Waals surface area contributed by atoms with Crippen LogP contribution in [-0.2, 0) is 0 Å². The minimum Gasteiger partial charge on any atom is -0.383 e. The third-order valence-electron chi connectivity index (χ3n) is 1.54. The van der Waals surface area contributed by atoms with Crippen LogP contribution in [0.2, 0.25) is 0 Å². The Kier molecular flexibility index (Phi) is 2.62. The molecule has 2 nitrogen and oxygen atoms in total. The average molecular weight is 237 g/mol. The van der Waals surface area contributed by atoms with Crippen molar-refractivity contribution in [3.63, 3.8) is 0 Å². The number of hydrogen-bond acceptors (Lipinski definition) is 2. The maximum atomic E-state index is 12.2. The number of rotatable bonds is 1. The molecule has 0 radical (unpaired) electrons. The van der Waals surface area contributed by atoms with Crippen molar-refractivity contribution in [3.05, 3.63) is 21.8 Å². The Morgan fingerprint density at radius 2 is 2.17 bits per heavy atom. The van der Waals surface area contributed by atoms with E-state index in [9.17, 15) is 8.78 Å². The van der Waals surface area contributed by atoms with Gasteiger partial charge in [-0.15, -0.1) is 0 Å². The maximum Gasteiger partial charge on any atom is 0.266 e. The summed E-state index contributed by atoms with van der Waals surface area (Å²) < 4.78 is 24.8. The van der Waals surface area contributed by atoms with Crippen LogP contribution >= 0.6 is 15.9 Å². The Bertz CT molecular complexity index is 302. The highest BCUT2D eigenvalue weighted by Gasteiger charge is 2.14. The van der Waals surface area contributed by atoms with Crippen molar-refractivity contribution in [1.29, 1.82) is 0 Å². The van der Waals surface area contributed by atoms with Crippen LogP contribution in [-0.4, -0.2) is 4.98 Å². The summed E-state index contributed by atoms with van der Waals surface area (Å²) in [6.45, 7) is 1.64. The first-order valence-electron chi connectivity index (χ1n) is 3.22. The molecule has 0 atom stereocenters. The van der Waals surface area contributed by atoms with Gasteiger partial charge >= 0.3 is 0 Å². The van der Waals surface area contributed by atoms with Crippen molar-refractivity contribution >= 4 is 21.7 Å². The fourth-order valence-corrected chi connectivity index (χ4v) is 1.25. The maximum absolute atomic E-state index is 12.2. The topological polar surface area (TPSA) is 38.9 Å². The van der Waals surface area contributed by atoms with Gasteiger partial charge in [0.15, 0.2) is 0 Å². The summed E-state index contributed by atoms with van der Waals surface area (Å²) in [7, 11) is 0. The molecule has 66 valence electrons. The summed E-state index contributed by atoms with van der Waals surface area (Å²) in [6, 6.07) is 0. The van der Waals surface area contributed by atoms with E-state index >= 15 is 0 Å². The Hall–Kier alpha value is -0.710. The zero-order valence-electron chi connectivity index (χ0n) is 6.31. The molecule has 0 aliphatic rings. The number of pyridine rings is 1. The van der Waals surface area contributed by atoms with Gasteiger partial charge in [0.05, 0.1) is 5.56 Å². The first-order chi connectivity index (χ1) is 5.54. The van der Waals surface area contributed by atoms with E-state index in [1.54, 1.807) is 6.92 Å². The lowest BCUT2D eigenvalue weighted by molar-refractivity contribution is 0.150. The highest BCUT2D eigenvalue weighted by atomic mass is 79.9. The second-order valence-electron chi connectivity index (χ2n) is 2.34. The van der Waals surface area contributed by atoms with Crippen LogP contribution in [0.25, 0.3) is 0 Å². The van der Waals surface area contributed by atoms with E-state index in [0.29, 0.717) is 10.0 Å². The summed E-state index contributed by atoms with van der Waals surface area (Å²) in [5.74, 6) is 0.270. The molecule has 0 saturated carbocycles. The van der Waals surface area contributed by atoms with Crippen molar-refractivity contribution in [1.82, 2.24) is 4.98 Å². The van der Waals surface area contributed by atoms with Crippen molar-refractivity contribution in [2.24, 2.45) is 0 Å². The Morgan fingerprint density at radius 1 is 1.58 bits per heavy atom. The Balaban J connectivity index is 3.27. The van der Waals surface area contributed by atoms with Crippen LogP contribution in [0, 0.1) is 6.92 Å². The van der Waals surface area contributed by atoms with Crippen LogP contribution < -0.4 is 5.73 Å². The largest absolute Gasteiger partial charge is 0.383 e. The molecular weight excluding hydrogens is 230 g/mol. The van der Waals surface area contributed by atoms with Crippen LogP contribution in [0.15, 0.2) is 10.7 Å². The van der Waals surface area contributed by atoms with Gasteiger partial charge in [0, 0.05) is 16.2 Å². The number of alkyl halides is 2. The first-order valence-corrected chi connectivity index (χ1v) is 4.02. The van der Waals surface area contributed by atoms with Crippen LogP contribution in [0.4, 0.5) is 14.6 Å². The standard InChI is InChI=1S/C7H7BrF2N2/c1-3-5(8)4(6(9)10)2-12-7(3)11/h2,6H,1H3,(H2,11,12). The monoisotopic (exact) mass is 236 g/mol. The summed E-state index contributed by atoms with van der Waals surface area (Å²) >= 11 is 3.03. The molecular formula is C7H7BrF2N2. The van der Waals surface area contributed by atoms with Crippen molar-refractivity contribution in [3.8, 4) is 0 Å². The number of nitrogens with two attached hydrogens (primary N) is 1. The number of anilines is 1. The molecule has 0 bridgehead atoms. The summed E-state index contributed by atoms with van der Waals surface area (Å²) in [4.78, 5) is 3.63. The summed E-state index contributed by atoms with van der Waals surface area (Å²) in [5.41, 5.74) is 5.83. The van der Waals surface area contributed by atoms with E-state index in [-0.39, 0.29) is 11.4 Å². The van der Waals surface area contributed by atoms with Crippen LogP contribution in [0.5, 0.6) is 0 Å². The van der Waals surface area contributed by atoms with Gasteiger partial charge in [0.25, 0.3) is 6.43 Å². The smallest absolute Gasteiger partial charge is 0.266 e. The highest BCUT2D eigenvalue weighted by Crippen LogP contribution is 2.30. The molecule has 0 saturated heterocycles. The van der Waals surface area contributed by atoms with E-state index < -0.39 is 6.43 Å². The van der Waals surface area contributed by atoms with Gasteiger partial charge in [-0.05, 0) is 22.9 Å². The first kappa shape index (κ1) is 9.38. The molecule has 1 aromatic rings. The lowest BCUT2D eigenvalue weighted by atomic mass is 10.2. The quantitative estimate of drug-likeness (QED) is 0.815. The fourth-order valence-electron chi connectivity index (χ4n) is 0.774. The molecule has 1 heterocycles. The van der Waals surface area contributed by atoms with Crippen molar-refractivity contribution in [2.45, 2.75) is 13.3 Å². The third-order valence-corrected chi connectivity index (χ3v) is 2.60. The Morgan fingerprint density at radius 3 is 2.67 bits per heavy atom. The van der Waals surface area contributed by atoms with Gasteiger partial charge in [-0.3, -0.25) is 0 Å². The summed E-state index contributed by atoms with van der Waals surface area (Å²) in [6.07, 6.45) is -1.44. The van der Waals surface area contributed by atoms with Gasteiger partial charge in [-0.2, -0.15) is 0 Å². The lowest BCUT2D eigenvalue weighted by Gasteiger charge is -2.06. The van der Waals surface area contributed by atoms with Gasteiger partial charge in [0.1, 0.15) is 5.82 Å². The third kappa shape index (κ3) is 1.55. The molecule has 2 N–H and O–H groups in total. The second kappa shape index (κ2) is 3.35. The summed E-state index contributed by atoms with van der Waals surface area (Å²) in [5, 5.41) is 0. The van der Waals surface area contributed by atoms with E-state index in [0.717, 1.165) is 6.20 Å². The molecule has 0 aliphatic heterocycles. The van der Waals surface area contributed by atoms with Crippen LogP contribution in [0.3, 0.4) is 0 Å². The van der Waals surface area contributed by atoms with E-state index in [1.165, 1.54) is 0 Å². The van der Waals surface area contributed by atoms with Crippen molar-refractivity contribution in [2.75, 3.05) is 5.73 Å². The molecule has 0 unspecified atom stereocenters.